The lowest BCUT2D eigenvalue weighted by Gasteiger charge is -2.45. The Hall–Kier alpha value is -0.0800. The van der Waals surface area contributed by atoms with Crippen molar-refractivity contribution < 1.29 is 0 Å². The van der Waals surface area contributed by atoms with Crippen LogP contribution < -0.4 is 5.32 Å². The van der Waals surface area contributed by atoms with Crippen LogP contribution in [-0.2, 0) is 0 Å². The summed E-state index contributed by atoms with van der Waals surface area (Å²) >= 11 is 0. The average Bonchev–Trinajstić information content (AvgIpc) is 3.25. The van der Waals surface area contributed by atoms with Crippen molar-refractivity contribution in [2.24, 2.45) is 11.8 Å². The van der Waals surface area contributed by atoms with Gasteiger partial charge in [0, 0.05) is 31.2 Å². The zero-order chi connectivity index (χ0) is 12.5. The molecule has 1 aliphatic heterocycles. The number of hydrogen-bond acceptors (Lipinski definition) is 2. The SMILES string of the molecule is CCCC1CN(C(C2CC2)C2CC2)C(CC)CN1. The Kier molecular flexibility index (Phi) is 3.95. The van der Waals surface area contributed by atoms with Gasteiger partial charge in [0.05, 0.1) is 0 Å². The first kappa shape index (κ1) is 12.9. The molecular weight excluding hydrogens is 220 g/mol. The molecule has 1 heterocycles. The first-order valence-electron chi connectivity index (χ1n) is 8.32. The van der Waals surface area contributed by atoms with E-state index < -0.39 is 0 Å². The Morgan fingerprint density at radius 1 is 1.11 bits per heavy atom. The lowest BCUT2D eigenvalue weighted by Crippen LogP contribution is -2.60. The van der Waals surface area contributed by atoms with Crippen LogP contribution in [0.2, 0.25) is 0 Å². The van der Waals surface area contributed by atoms with Crippen molar-refractivity contribution in [2.75, 3.05) is 13.1 Å². The molecule has 2 heteroatoms. The number of hydrogen-bond donors (Lipinski definition) is 1. The van der Waals surface area contributed by atoms with Gasteiger partial charge in [0.15, 0.2) is 0 Å². The highest BCUT2D eigenvalue weighted by Crippen LogP contribution is 2.48. The maximum Gasteiger partial charge on any atom is 0.0221 e. The van der Waals surface area contributed by atoms with Crippen LogP contribution in [0.5, 0.6) is 0 Å². The van der Waals surface area contributed by atoms with E-state index in [2.05, 4.69) is 24.1 Å². The molecule has 1 saturated heterocycles. The molecule has 0 spiro atoms. The van der Waals surface area contributed by atoms with E-state index in [4.69, 9.17) is 0 Å². The molecule has 0 aromatic rings. The fourth-order valence-electron chi connectivity index (χ4n) is 3.98. The van der Waals surface area contributed by atoms with Crippen LogP contribution >= 0.6 is 0 Å². The van der Waals surface area contributed by atoms with E-state index in [0.29, 0.717) is 0 Å². The molecule has 0 bridgehead atoms. The summed E-state index contributed by atoms with van der Waals surface area (Å²) in [6.45, 7) is 7.24. The third-order valence-electron chi connectivity index (χ3n) is 5.24. The Labute approximate surface area is 113 Å². The minimum absolute atomic E-state index is 0.762. The third kappa shape index (κ3) is 2.75. The van der Waals surface area contributed by atoms with Crippen LogP contribution in [0.1, 0.15) is 58.8 Å². The summed E-state index contributed by atoms with van der Waals surface area (Å²) in [6, 6.07) is 2.53. The molecule has 104 valence electrons. The molecule has 2 atom stereocenters. The molecular formula is C16H30N2. The maximum absolute atomic E-state index is 3.78. The average molecular weight is 250 g/mol. The minimum atomic E-state index is 0.762. The molecule has 2 saturated carbocycles. The lowest BCUT2D eigenvalue weighted by molar-refractivity contribution is 0.0546. The van der Waals surface area contributed by atoms with E-state index in [1.165, 1.54) is 58.0 Å². The van der Waals surface area contributed by atoms with Gasteiger partial charge in [0.25, 0.3) is 0 Å². The van der Waals surface area contributed by atoms with E-state index in [1.807, 2.05) is 0 Å². The normalized spacial score (nSPS) is 34.2. The number of nitrogens with zero attached hydrogens (tertiary/aromatic N) is 1. The van der Waals surface area contributed by atoms with Gasteiger partial charge in [0.1, 0.15) is 0 Å². The molecule has 3 fully saturated rings. The van der Waals surface area contributed by atoms with E-state index in [9.17, 15) is 0 Å². The van der Waals surface area contributed by atoms with Crippen molar-refractivity contribution in [2.45, 2.75) is 76.9 Å². The summed E-state index contributed by atoms with van der Waals surface area (Å²) < 4.78 is 0. The standard InChI is InChI=1S/C16H30N2/c1-3-5-14-11-18(15(4-2)10-17-14)16(12-6-7-12)13-8-9-13/h12-17H,3-11H2,1-2H3. The highest BCUT2D eigenvalue weighted by atomic mass is 15.3. The molecule has 0 aromatic heterocycles. The first-order valence-corrected chi connectivity index (χ1v) is 8.32. The van der Waals surface area contributed by atoms with E-state index >= 15 is 0 Å². The second-order valence-corrected chi connectivity index (χ2v) is 6.82. The van der Waals surface area contributed by atoms with E-state index in [-0.39, 0.29) is 0 Å². The Morgan fingerprint density at radius 3 is 2.28 bits per heavy atom. The van der Waals surface area contributed by atoms with Gasteiger partial charge in [-0.05, 0) is 50.4 Å². The summed E-state index contributed by atoms with van der Waals surface area (Å²) in [7, 11) is 0. The molecule has 3 rings (SSSR count). The molecule has 0 amide bonds. The zero-order valence-electron chi connectivity index (χ0n) is 12.2. The summed E-state index contributed by atoms with van der Waals surface area (Å²) in [5.41, 5.74) is 0. The highest BCUT2D eigenvalue weighted by Gasteiger charge is 2.47. The van der Waals surface area contributed by atoms with Crippen LogP contribution in [-0.4, -0.2) is 36.1 Å². The zero-order valence-corrected chi connectivity index (χ0v) is 12.2. The number of rotatable bonds is 6. The molecule has 1 N–H and O–H groups in total. The summed E-state index contributed by atoms with van der Waals surface area (Å²) in [5.74, 6) is 2.12. The van der Waals surface area contributed by atoms with Gasteiger partial charge in [-0.25, -0.2) is 0 Å². The van der Waals surface area contributed by atoms with Gasteiger partial charge in [-0.2, -0.15) is 0 Å². The molecule has 2 unspecified atom stereocenters. The van der Waals surface area contributed by atoms with Crippen LogP contribution in [0.3, 0.4) is 0 Å². The van der Waals surface area contributed by atoms with Crippen molar-refractivity contribution in [1.82, 2.24) is 10.2 Å². The fraction of sp³-hybridized carbons (Fsp3) is 1.00. The highest BCUT2D eigenvalue weighted by molar-refractivity contribution is 5.01. The van der Waals surface area contributed by atoms with Gasteiger partial charge >= 0.3 is 0 Å². The van der Waals surface area contributed by atoms with Crippen LogP contribution in [0.25, 0.3) is 0 Å². The van der Waals surface area contributed by atoms with Crippen molar-refractivity contribution >= 4 is 0 Å². The molecule has 3 aliphatic rings. The largest absolute Gasteiger partial charge is 0.311 e. The third-order valence-corrected chi connectivity index (χ3v) is 5.24. The van der Waals surface area contributed by atoms with Crippen molar-refractivity contribution in [3.05, 3.63) is 0 Å². The molecule has 2 aliphatic carbocycles. The van der Waals surface area contributed by atoms with Crippen LogP contribution in [0.4, 0.5) is 0 Å². The predicted molar refractivity (Wildman–Crippen MR) is 76.7 cm³/mol. The minimum Gasteiger partial charge on any atom is -0.311 e. The van der Waals surface area contributed by atoms with Crippen molar-refractivity contribution in [3.63, 3.8) is 0 Å². The maximum atomic E-state index is 3.78. The number of piperazine rings is 1. The first-order chi connectivity index (χ1) is 8.83. The van der Waals surface area contributed by atoms with Gasteiger partial charge in [-0.1, -0.05) is 20.3 Å². The van der Waals surface area contributed by atoms with Gasteiger partial charge in [-0.15, -0.1) is 0 Å². The summed E-state index contributed by atoms with van der Waals surface area (Å²) in [4.78, 5) is 2.94. The quantitative estimate of drug-likeness (QED) is 0.779. The van der Waals surface area contributed by atoms with Crippen LogP contribution in [0, 0.1) is 11.8 Å². The predicted octanol–water partition coefficient (Wildman–Crippen LogP) is 3.03. The number of nitrogens with one attached hydrogen (secondary N) is 1. The second kappa shape index (κ2) is 5.50. The lowest BCUT2D eigenvalue weighted by atomic mass is 9.96. The summed E-state index contributed by atoms with van der Waals surface area (Å²) in [6.07, 6.45) is 10.1. The Bertz CT molecular complexity index is 258. The Balaban J connectivity index is 1.67. The topological polar surface area (TPSA) is 15.3 Å². The molecule has 0 aromatic carbocycles. The van der Waals surface area contributed by atoms with Gasteiger partial charge in [0.2, 0.25) is 0 Å². The van der Waals surface area contributed by atoms with Crippen LogP contribution in [0.15, 0.2) is 0 Å². The molecule has 18 heavy (non-hydrogen) atoms. The molecule has 2 nitrogen and oxygen atoms in total. The van der Waals surface area contributed by atoms with Crippen molar-refractivity contribution in [1.29, 1.82) is 0 Å². The summed E-state index contributed by atoms with van der Waals surface area (Å²) in [5, 5.41) is 3.78. The van der Waals surface area contributed by atoms with E-state index in [0.717, 1.165) is 30.0 Å². The van der Waals surface area contributed by atoms with E-state index in [1.54, 1.807) is 0 Å². The fourth-order valence-corrected chi connectivity index (χ4v) is 3.98. The Morgan fingerprint density at radius 2 is 1.78 bits per heavy atom. The van der Waals surface area contributed by atoms with Gasteiger partial charge in [-0.3, -0.25) is 4.90 Å². The monoisotopic (exact) mass is 250 g/mol. The van der Waals surface area contributed by atoms with Crippen molar-refractivity contribution in [3.8, 4) is 0 Å². The molecule has 0 radical (unpaired) electrons. The smallest absolute Gasteiger partial charge is 0.0221 e. The van der Waals surface area contributed by atoms with Gasteiger partial charge < -0.3 is 5.32 Å². The second-order valence-electron chi connectivity index (χ2n) is 6.82.